The topological polar surface area (TPSA) is 58.7 Å². The van der Waals surface area contributed by atoms with Crippen molar-refractivity contribution in [2.75, 3.05) is 0 Å². The third-order valence-electron chi connectivity index (χ3n) is 3.71. The lowest BCUT2D eigenvalue weighted by atomic mass is 10.1. The van der Waals surface area contributed by atoms with Crippen LogP contribution in [0, 0.1) is 11.2 Å². The van der Waals surface area contributed by atoms with Crippen LogP contribution in [0.4, 0.5) is 4.39 Å². The largest absolute Gasteiger partial charge is 0.384 e. The molecule has 2 heterocycles. The molecule has 6 heteroatoms. The zero-order chi connectivity index (χ0) is 15.9. The van der Waals surface area contributed by atoms with Crippen molar-refractivity contribution in [2.24, 2.45) is 12.8 Å². The normalized spacial score (nSPS) is 11.0. The van der Waals surface area contributed by atoms with E-state index in [1.165, 1.54) is 12.1 Å². The number of nitrogen functional groups attached to an aromatic ring is 1. The van der Waals surface area contributed by atoms with Crippen LogP contribution >= 0.6 is 11.6 Å². The second-order valence-electron chi connectivity index (χ2n) is 5.17. The minimum atomic E-state index is -0.458. The molecule has 0 unspecified atom stereocenters. The predicted molar refractivity (Wildman–Crippen MR) is 84.6 cm³/mol. The Hall–Kier alpha value is -2.40. The highest BCUT2D eigenvalue weighted by molar-refractivity contribution is 6.31. The summed E-state index contributed by atoms with van der Waals surface area (Å²) in [6.07, 6.45) is 3.86. The third kappa shape index (κ3) is 2.44. The van der Waals surface area contributed by atoms with Crippen molar-refractivity contribution in [2.45, 2.75) is 6.54 Å². The van der Waals surface area contributed by atoms with Gasteiger partial charge >= 0.3 is 0 Å². The van der Waals surface area contributed by atoms with Crippen LogP contribution < -0.4 is 10.3 Å². The standard InChI is InChI=1S/C16H15ClFN4/c1-21-5-2-3-15-14(21)4-6-22(15)9-11-12(17)7-10(16(19)20)8-13(11)18/h2-8H,9H2,1H3,(H3,19,20)/q+1. The van der Waals surface area contributed by atoms with Crippen molar-refractivity contribution in [1.29, 1.82) is 5.41 Å². The van der Waals surface area contributed by atoms with Crippen molar-refractivity contribution >= 4 is 28.5 Å². The van der Waals surface area contributed by atoms with Crippen LogP contribution in [0.2, 0.25) is 5.02 Å². The van der Waals surface area contributed by atoms with E-state index < -0.39 is 5.82 Å². The van der Waals surface area contributed by atoms with E-state index in [0.29, 0.717) is 12.1 Å². The quantitative estimate of drug-likeness (QED) is 0.435. The lowest BCUT2D eigenvalue weighted by Gasteiger charge is -2.10. The molecule has 3 N–H and O–H groups in total. The fourth-order valence-electron chi connectivity index (χ4n) is 2.51. The van der Waals surface area contributed by atoms with E-state index in [0.717, 1.165) is 11.0 Å². The number of nitrogens with zero attached hydrogens (tertiary/aromatic N) is 2. The Bertz CT molecular complexity index is 862. The highest BCUT2D eigenvalue weighted by atomic mass is 35.5. The van der Waals surface area contributed by atoms with Gasteiger partial charge in [0.05, 0.1) is 6.54 Å². The van der Waals surface area contributed by atoms with Gasteiger partial charge in [-0.2, -0.15) is 4.57 Å². The van der Waals surface area contributed by atoms with Crippen molar-refractivity contribution in [3.05, 3.63) is 64.7 Å². The zero-order valence-corrected chi connectivity index (χ0v) is 12.7. The Morgan fingerprint density at radius 2 is 2.18 bits per heavy atom. The van der Waals surface area contributed by atoms with Gasteiger partial charge in [0.1, 0.15) is 24.2 Å². The molecule has 0 saturated heterocycles. The molecule has 2 aromatic heterocycles. The first kappa shape index (κ1) is 14.5. The summed E-state index contributed by atoms with van der Waals surface area (Å²) in [5, 5.41) is 7.64. The number of fused-ring (bicyclic) bond motifs is 1. The number of amidine groups is 1. The monoisotopic (exact) mass is 317 g/mol. The number of nitrogens with two attached hydrogens (primary N) is 1. The Kier molecular flexibility index (Phi) is 3.58. The molecule has 0 aliphatic rings. The SMILES string of the molecule is C[n+]1cccc2c1ccn2Cc1c(F)cc(C(=N)N)cc1Cl. The van der Waals surface area contributed by atoms with E-state index in [-0.39, 0.29) is 16.4 Å². The highest BCUT2D eigenvalue weighted by Crippen LogP contribution is 2.24. The van der Waals surface area contributed by atoms with E-state index >= 15 is 0 Å². The number of hydrogen-bond acceptors (Lipinski definition) is 1. The fraction of sp³-hybridized carbons (Fsp3) is 0.125. The first-order valence-corrected chi connectivity index (χ1v) is 7.11. The lowest BCUT2D eigenvalue weighted by Crippen LogP contribution is -2.27. The van der Waals surface area contributed by atoms with Crippen molar-refractivity contribution in [3.8, 4) is 0 Å². The van der Waals surface area contributed by atoms with Crippen LogP contribution in [0.15, 0.2) is 42.7 Å². The minimum Gasteiger partial charge on any atom is -0.384 e. The van der Waals surface area contributed by atoms with Crippen LogP contribution in [-0.2, 0) is 13.6 Å². The van der Waals surface area contributed by atoms with Gasteiger partial charge in [0.25, 0.3) is 0 Å². The average Bonchev–Trinajstić information content (AvgIpc) is 2.87. The lowest BCUT2D eigenvalue weighted by molar-refractivity contribution is -0.644. The van der Waals surface area contributed by atoms with Gasteiger partial charge in [-0.25, -0.2) is 4.39 Å². The Balaban J connectivity index is 2.06. The summed E-state index contributed by atoms with van der Waals surface area (Å²) in [5.41, 5.74) is 8.10. The van der Waals surface area contributed by atoms with Crippen LogP contribution in [-0.4, -0.2) is 10.4 Å². The fourth-order valence-corrected chi connectivity index (χ4v) is 2.78. The molecule has 0 bridgehead atoms. The number of nitrogens with one attached hydrogen (secondary N) is 1. The second kappa shape index (κ2) is 5.42. The summed E-state index contributed by atoms with van der Waals surface area (Å²) in [6, 6.07) is 8.66. The van der Waals surface area contributed by atoms with Crippen molar-refractivity contribution in [3.63, 3.8) is 0 Å². The molecule has 0 fully saturated rings. The summed E-state index contributed by atoms with van der Waals surface area (Å²) < 4.78 is 18.2. The van der Waals surface area contributed by atoms with Crippen LogP contribution in [0.5, 0.6) is 0 Å². The molecule has 0 aliphatic heterocycles. The maximum atomic E-state index is 14.3. The van der Waals surface area contributed by atoms with E-state index in [1.807, 2.05) is 46.8 Å². The molecule has 112 valence electrons. The van der Waals surface area contributed by atoms with Gasteiger partial charge in [-0.05, 0) is 18.2 Å². The van der Waals surface area contributed by atoms with Gasteiger partial charge in [-0.3, -0.25) is 5.41 Å². The van der Waals surface area contributed by atoms with E-state index in [1.54, 1.807) is 0 Å². The highest BCUT2D eigenvalue weighted by Gasteiger charge is 2.14. The molecule has 0 aliphatic carbocycles. The number of hydrogen-bond donors (Lipinski definition) is 2. The maximum Gasteiger partial charge on any atom is 0.230 e. The van der Waals surface area contributed by atoms with Crippen molar-refractivity contribution in [1.82, 2.24) is 4.57 Å². The average molecular weight is 318 g/mol. The van der Waals surface area contributed by atoms with Crippen LogP contribution in [0.1, 0.15) is 11.1 Å². The van der Waals surface area contributed by atoms with E-state index in [9.17, 15) is 4.39 Å². The molecular weight excluding hydrogens is 303 g/mol. The second-order valence-corrected chi connectivity index (χ2v) is 5.57. The number of pyridine rings is 1. The Labute approximate surface area is 132 Å². The number of aromatic nitrogens is 2. The molecule has 0 spiro atoms. The molecule has 0 atom stereocenters. The summed E-state index contributed by atoms with van der Waals surface area (Å²) in [4.78, 5) is 0. The smallest absolute Gasteiger partial charge is 0.230 e. The first-order chi connectivity index (χ1) is 10.5. The van der Waals surface area contributed by atoms with Crippen LogP contribution in [0.3, 0.4) is 0 Å². The molecule has 1 aromatic carbocycles. The molecule has 3 aromatic rings. The summed E-state index contributed by atoms with van der Waals surface area (Å²) in [7, 11) is 1.96. The number of rotatable bonds is 3. The van der Waals surface area contributed by atoms with Gasteiger partial charge in [0.2, 0.25) is 5.52 Å². The predicted octanol–water partition coefficient (Wildman–Crippen LogP) is 2.59. The zero-order valence-electron chi connectivity index (χ0n) is 12.0. The molecule has 0 radical (unpaired) electrons. The van der Waals surface area contributed by atoms with Gasteiger partial charge in [-0.15, -0.1) is 0 Å². The van der Waals surface area contributed by atoms with Crippen molar-refractivity contribution < 1.29 is 8.96 Å². The number of benzene rings is 1. The van der Waals surface area contributed by atoms with E-state index in [2.05, 4.69) is 0 Å². The molecule has 4 nitrogen and oxygen atoms in total. The van der Waals surface area contributed by atoms with E-state index in [4.69, 9.17) is 22.7 Å². The molecule has 22 heavy (non-hydrogen) atoms. The van der Waals surface area contributed by atoms with Gasteiger partial charge in [-0.1, -0.05) is 11.6 Å². The summed E-state index contributed by atoms with van der Waals surface area (Å²) in [6.45, 7) is 0.316. The number of aryl methyl sites for hydroxylation is 1. The minimum absolute atomic E-state index is 0.203. The molecular formula is C16H15ClFN4+. The van der Waals surface area contributed by atoms with Crippen LogP contribution in [0.25, 0.3) is 11.0 Å². The molecule has 0 amide bonds. The maximum absolute atomic E-state index is 14.3. The molecule has 3 rings (SSSR count). The number of halogens is 2. The Morgan fingerprint density at radius 1 is 1.41 bits per heavy atom. The van der Waals surface area contributed by atoms with Gasteiger partial charge < -0.3 is 10.3 Å². The Morgan fingerprint density at radius 3 is 2.86 bits per heavy atom. The molecule has 0 saturated carbocycles. The van der Waals surface area contributed by atoms with Gasteiger partial charge in [0.15, 0.2) is 6.20 Å². The third-order valence-corrected chi connectivity index (χ3v) is 4.05. The first-order valence-electron chi connectivity index (χ1n) is 6.73. The van der Waals surface area contributed by atoms with Gasteiger partial charge in [0, 0.05) is 34.5 Å². The summed E-state index contributed by atoms with van der Waals surface area (Å²) >= 11 is 6.17. The summed E-state index contributed by atoms with van der Waals surface area (Å²) in [5.74, 6) is -0.661.